The van der Waals surface area contributed by atoms with Crippen LogP contribution in [-0.4, -0.2) is 40.0 Å². The molecule has 0 bridgehead atoms. The number of esters is 1. The van der Waals surface area contributed by atoms with Crippen LogP contribution in [0.5, 0.6) is 0 Å². The average molecular weight is 479 g/mol. The van der Waals surface area contributed by atoms with E-state index in [0.717, 1.165) is 17.7 Å². The van der Waals surface area contributed by atoms with E-state index in [1.807, 2.05) is 30.3 Å². The van der Waals surface area contributed by atoms with Gasteiger partial charge in [-0.2, -0.15) is 0 Å². The van der Waals surface area contributed by atoms with E-state index in [2.05, 4.69) is 0 Å². The number of anilines is 2. The Kier molecular flexibility index (Phi) is 6.70. The number of benzene rings is 3. The van der Waals surface area contributed by atoms with Crippen LogP contribution in [0.4, 0.5) is 11.4 Å². The van der Waals surface area contributed by atoms with Gasteiger partial charge < -0.3 is 9.64 Å². The van der Waals surface area contributed by atoms with Crippen LogP contribution in [-0.2, 0) is 26.0 Å². The first kappa shape index (κ1) is 23.5. The fourth-order valence-corrected chi connectivity index (χ4v) is 5.82. The number of hydrogen-bond donors (Lipinski definition) is 0. The molecule has 7 nitrogen and oxygen atoms in total. The van der Waals surface area contributed by atoms with E-state index in [1.165, 1.54) is 16.4 Å². The van der Waals surface area contributed by atoms with Crippen molar-refractivity contribution in [2.24, 2.45) is 0 Å². The lowest BCUT2D eigenvalue weighted by atomic mass is 10.1. The summed E-state index contributed by atoms with van der Waals surface area (Å²) in [5, 5.41) is 0. The van der Waals surface area contributed by atoms with Gasteiger partial charge in [0.1, 0.15) is 0 Å². The highest BCUT2D eigenvalue weighted by Gasteiger charge is 2.28. The largest absolute Gasteiger partial charge is 0.452 e. The molecule has 0 aliphatic carbocycles. The molecule has 0 radical (unpaired) electrons. The third-order valence-corrected chi connectivity index (χ3v) is 7.88. The molecule has 0 saturated carbocycles. The van der Waals surface area contributed by atoms with Crippen LogP contribution in [0, 0.1) is 6.92 Å². The number of ether oxygens (including phenoxy) is 1. The van der Waals surface area contributed by atoms with Gasteiger partial charge in [0.2, 0.25) is 0 Å². The Morgan fingerprint density at radius 2 is 1.71 bits per heavy atom. The van der Waals surface area contributed by atoms with Crippen molar-refractivity contribution in [3.05, 3.63) is 89.5 Å². The molecule has 0 aromatic heterocycles. The summed E-state index contributed by atoms with van der Waals surface area (Å²) in [5.41, 5.74) is 3.02. The molecule has 0 fully saturated rings. The molecule has 1 aliphatic rings. The van der Waals surface area contributed by atoms with Gasteiger partial charge in [-0.25, -0.2) is 13.2 Å². The quantitative estimate of drug-likeness (QED) is 0.480. The molecule has 0 N–H and O–H groups in total. The zero-order valence-electron chi connectivity index (χ0n) is 19.1. The van der Waals surface area contributed by atoms with Gasteiger partial charge in [-0.1, -0.05) is 42.5 Å². The van der Waals surface area contributed by atoms with E-state index >= 15 is 0 Å². The maximum atomic E-state index is 13.4. The molecule has 3 aromatic rings. The van der Waals surface area contributed by atoms with Gasteiger partial charge in [0.05, 0.1) is 16.1 Å². The Morgan fingerprint density at radius 3 is 2.44 bits per heavy atom. The monoisotopic (exact) mass is 478 g/mol. The van der Waals surface area contributed by atoms with Gasteiger partial charge in [-0.05, 0) is 61.7 Å². The number of amides is 1. The lowest BCUT2D eigenvalue weighted by molar-refractivity contribution is -0.121. The van der Waals surface area contributed by atoms with Gasteiger partial charge in [-0.3, -0.25) is 9.10 Å². The second kappa shape index (κ2) is 9.69. The summed E-state index contributed by atoms with van der Waals surface area (Å²) in [7, 11) is -3.92. The van der Waals surface area contributed by atoms with Crippen molar-refractivity contribution in [2.75, 3.05) is 28.9 Å². The van der Waals surface area contributed by atoms with E-state index in [0.29, 0.717) is 17.8 Å². The SMILES string of the molecule is CCN(c1ccccc1)S(=O)(=O)c1cc(C(=O)OCC(=O)N2CCc3ccccc32)ccc1C. The van der Waals surface area contributed by atoms with Gasteiger partial charge in [-0.15, -0.1) is 0 Å². The summed E-state index contributed by atoms with van der Waals surface area (Å²) in [5.74, 6) is -1.07. The highest BCUT2D eigenvalue weighted by atomic mass is 32.2. The number of nitrogens with zero attached hydrogens (tertiary/aromatic N) is 2. The number of para-hydroxylation sites is 2. The molecule has 1 amide bonds. The smallest absolute Gasteiger partial charge is 0.338 e. The zero-order chi connectivity index (χ0) is 24.3. The minimum absolute atomic E-state index is 0.0208. The Labute approximate surface area is 199 Å². The molecule has 1 aliphatic heterocycles. The number of hydrogen-bond acceptors (Lipinski definition) is 5. The molecular weight excluding hydrogens is 452 g/mol. The molecule has 1 heterocycles. The number of fused-ring (bicyclic) bond motifs is 1. The predicted molar refractivity (Wildman–Crippen MR) is 131 cm³/mol. The Hall–Kier alpha value is -3.65. The van der Waals surface area contributed by atoms with E-state index in [-0.39, 0.29) is 22.9 Å². The van der Waals surface area contributed by atoms with Gasteiger partial charge in [0.15, 0.2) is 6.61 Å². The van der Waals surface area contributed by atoms with Crippen molar-refractivity contribution in [1.29, 1.82) is 0 Å². The highest BCUT2D eigenvalue weighted by molar-refractivity contribution is 7.92. The summed E-state index contributed by atoms with van der Waals surface area (Å²) >= 11 is 0. The molecule has 3 aromatic carbocycles. The van der Waals surface area contributed by atoms with Crippen molar-refractivity contribution in [3.8, 4) is 0 Å². The van der Waals surface area contributed by atoms with Gasteiger partial charge >= 0.3 is 5.97 Å². The minimum Gasteiger partial charge on any atom is -0.452 e. The van der Waals surface area contributed by atoms with Crippen LogP contribution < -0.4 is 9.21 Å². The van der Waals surface area contributed by atoms with Crippen LogP contribution in [0.2, 0.25) is 0 Å². The van der Waals surface area contributed by atoms with E-state index in [1.54, 1.807) is 49.1 Å². The van der Waals surface area contributed by atoms with Gasteiger partial charge in [0, 0.05) is 18.8 Å². The Morgan fingerprint density at radius 1 is 1.00 bits per heavy atom. The number of aryl methyl sites for hydroxylation is 1. The van der Waals surface area contributed by atoms with Crippen LogP contribution in [0.1, 0.15) is 28.4 Å². The van der Waals surface area contributed by atoms with Gasteiger partial charge in [0.25, 0.3) is 15.9 Å². The average Bonchev–Trinajstić information content (AvgIpc) is 3.28. The van der Waals surface area contributed by atoms with Crippen molar-refractivity contribution in [2.45, 2.75) is 25.2 Å². The molecule has 0 unspecified atom stereocenters. The van der Waals surface area contributed by atoms with Crippen LogP contribution in [0.25, 0.3) is 0 Å². The maximum absolute atomic E-state index is 13.4. The highest BCUT2D eigenvalue weighted by Crippen LogP contribution is 2.28. The summed E-state index contributed by atoms with van der Waals surface area (Å²) < 4.78 is 33.4. The minimum atomic E-state index is -3.92. The third kappa shape index (κ3) is 4.54. The first-order chi connectivity index (χ1) is 16.3. The van der Waals surface area contributed by atoms with E-state index < -0.39 is 22.6 Å². The predicted octanol–water partition coefficient (Wildman–Crippen LogP) is 3.96. The zero-order valence-corrected chi connectivity index (χ0v) is 19.9. The Balaban J connectivity index is 1.51. The number of sulfonamides is 1. The standard InChI is InChI=1S/C26H26N2O5S/c1-3-28(22-10-5-4-6-11-22)34(31,32)24-17-21(14-13-19(24)2)26(30)33-18-25(29)27-16-15-20-9-7-8-12-23(20)27/h4-14,17H,3,15-16,18H2,1-2H3. The maximum Gasteiger partial charge on any atom is 0.338 e. The van der Waals surface area contributed by atoms with E-state index in [4.69, 9.17) is 4.74 Å². The van der Waals surface area contributed by atoms with Crippen molar-refractivity contribution in [1.82, 2.24) is 0 Å². The summed E-state index contributed by atoms with van der Waals surface area (Å²) in [6.07, 6.45) is 0.754. The third-order valence-electron chi connectivity index (χ3n) is 5.84. The van der Waals surface area contributed by atoms with Crippen LogP contribution in [0.3, 0.4) is 0 Å². The normalized spacial score (nSPS) is 12.8. The summed E-state index contributed by atoms with van der Waals surface area (Å²) in [4.78, 5) is 27.0. The van der Waals surface area contributed by atoms with Crippen molar-refractivity contribution in [3.63, 3.8) is 0 Å². The number of rotatable bonds is 7. The molecule has 34 heavy (non-hydrogen) atoms. The Bertz CT molecular complexity index is 1320. The summed E-state index contributed by atoms with van der Waals surface area (Å²) in [6, 6.07) is 20.8. The molecule has 176 valence electrons. The van der Waals surface area contributed by atoms with E-state index in [9.17, 15) is 18.0 Å². The number of carbonyl (C=O) groups is 2. The summed E-state index contributed by atoms with van der Waals surface area (Å²) in [6.45, 7) is 3.77. The lowest BCUT2D eigenvalue weighted by Crippen LogP contribution is -2.33. The molecule has 0 atom stereocenters. The molecule has 0 saturated heterocycles. The fraction of sp³-hybridized carbons (Fsp3) is 0.231. The second-order valence-corrected chi connectivity index (χ2v) is 9.82. The molecule has 0 spiro atoms. The first-order valence-corrected chi connectivity index (χ1v) is 12.5. The van der Waals surface area contributed by atoms with Crippen molar-refractivity contribution < 1.29 is 22.7 Å². The number of carbonyl (C=O) groups excluding carboxylic acids is 2. The van der Waals surface area contributed by atoms with Crippen LogP contribution >= 0.6 is 0 Å². The molecule has 4 rings (SSSR count). The lowest BCUT2D eigenvalue weighted by Gasteiger charge is -2.24. The molecular formula is C26H26N2O5S. The second-order valence-electron chi connectivity index (χ2n) is 7.99. The molecule has 8 heteroatoms. The first-order valence-electron chi connectivity index (χ1n) is 11.1. The van der Waals surface area contributed by atoms with Crippen molar-refractivity contribution >= 4 is 33.3 Å². The van der Waals surface area contributed by atoms with Crippen LogP contribution in [0.15, 0.2) is 77.7 Å². The topological polar surface area (TPSA) is 84.0 Å². The fourth-order valence-electron chi connectivity index (χ4n) is 4.10.